The Labute approximate surface area is 239 Å². The number of amides is 1. The Balaban J connectivity index is 1.26. The summed E-state index contributed by atoms with van der Waals surface area (Å²) in [5.41, 5.74) is 2.72. The van der Waals surface area contributed by atoms with Gasteiger partial charge in [-0.25, -0.2) is 8.42 Å². The van der Waals surface area contributed by atoms with E-state index in [-0.39, 0.29) is 0 Å². The number of rotatable bonds is 9. The summed E-state index contributed by atoms with van der Waals surface area (Å²) in [6.45, 7) is 3.08. The van der Waals surface area contributed by atoms with E-state index in [0.29, 0.717) is 50.5 Å². The fourth-order valence-electron chi connectivity index (χ4n) is 6.19. The van der Waals surface area contributed by atoms with E-state index in [9.17, 15) is 26.4 Å². The number of unbranched alkanes of at least 4 members (excludes halogenated alkanes) is 1. The molecule has 1 saturated heterocycles. The van der Waals surface area contributed by atoms with Gasteiger partial charge in [-0.2, -0.15) is 17.5 Å². The Morgan fingerprint density at radius 2 is 1.41 bits per heavy atom. The molecular weight excluding hydrogens is 551 g/mol. The first-order valence-corrected chi connectivity index (χ1v) is 15.3. The summed E-state index contributed by atoms with van der Waals surface area (Å²) < 4.78 is 67.1. The van der Waals surface area contributed by atoms with Crippen molar-refractivity contribution in [3.8, 4) is 11.1 Å². The average Bonchev–Trinajstić information content (AvgIpc) is 3.25. The van der Waals surface area contributed by atoms with Gasteiger partial charge >= 0.3 is 6.18 Å². The highest BCUT2D eigenvalue weighted by Crippen LogP contribution is 2.51. The summed E-state index contributed by atoms with van der Waals surface area (Å²) in [6, 6.07) is 21.9. The number of hydrogen-bond acceptors (Lipinski definition) is 4. The van der Waals surface area contributed by atoms with Gasteiger partial charge in [-0.05, 0) is 60.2 Å². The van der Waals surface area contributed by atoms with E-state index in [2.05, 4.69) is 10.2 Å². The van der Waals surface area contributed by atoms with Crippen LogP contribution in [0.3, 0.4) is 0 Å². The van der Waals surface area contributed by atoms with Crippen LogP contribution in [0.25, 0.3) is 11.1 Å². The maximum atomic E-state index is 13.6. The van der Waals surface area contributed by atoms with Crippen molar-refractivity contribution in [2.24, 2.45) is 0 Å². The molecule has 5 rings (SSSR count). The van der Waals surface area contributed by atoms with Crippen LogP contribution < -0.4 is 5.32 Å². The van der Waals surface area contributed by atoms with Gasteiger partial charge in [0.05, 0.1) is 4.90 Å². The number of halogens is 3. The summed E-state index contributed by atoms with van der Waals surface area (Å²) in [5.74, 6) is -0.637. The van der Waals surface area contributed by atoms with Crippen molar-refractivity contribution < 1.29 is 26.4 Å². The Morgan fingerprint density at radius 1 is 0.854 bits per heavy atom. The molecule has 1 aliphatic heterocycles. The number of carbonyl (C=O) groups excluding carboxylic acids is 1. The van der Waals surface area contributed by atoms with E-state index < -0.39 is 34.1 Å². The fraction of sp³-hybridized carbons (Fsp3) is 0.387. The van der Waals surface area contributed by atoms with E-state index in [1.165, 1.54) is 4.31 Å². The number of alkyl halides is 3. The number of nitrogens with zero attached hydrogens (tertiary/aromatic N) is 2. The van der Waals surface area contributed by atoms with Crippen molar-refractivity contribution in [3.63, 3.8) is 0 Å². The first-order valence-electron chi connectivity index (χ1n) is 13.9. The molecule has 6 nitrogen and oxygen atoms in total. The summed E-state index contributed by atoms with van der Waals surface area (Å²) in [7, 11) is -3.56. The molecule has 41 heavy (non-hydrogen) atoms. The minimum absolute atomic E-state index is 0.333. The molecule has 10 heteroatoms. The fourth-order valence-corrected chi connectivity index (χ4v) is 7.84. The molecule has 3 aromatic rings. The summed E-state index contributed by atoms with van der Waals surface area (Å²) in [5, 5.41) is 2.18. The van der Waals surface area contributed by atoms with Gasteiger partial charge in [-0.1, -0.05) is 73.2 Å². The van der Waals surface area contributed by atoms with Crippen LogP contribution >= 0.6 is 0 Å². The van der Waals surface area contributed by atoms with Crippen LogP contribution in [0, 0.1) is 6.92 Å². The van der Waals surface area contributed by atoms with Crippen molar-refractivity contribution in [2.75, 3.05) is 39.3 Å². The van der Waals surface area contributed by atoms with Crippen LogP contribution in [0.4, 0.5) is 13.2 Å². The molecule has 1 amide bonds. The van der Waals surface area contributed by atoms with Gasteiger partial charge in [-0.15, -0.1) is 0 Å². The van der Waals surface area contributed by atoms with Gasteiger partial charge < -0.3 is 10.2 Å². The third-order valence-electron chi connectivity index (χ3n) is 8.22. The predicted molar refractivity (Wildman–Crippen MR) is 152 cm³/mol. The van der Waals surface area contributed by atoms with Gasteiger partial charge in [0, 0.05) is 26.2 Å². The molecule has 218 valence electrons. The van der Waals surface area contributed by atoms with Crippen LogP contribution in [0.2, 0.25) is 0 Å². The Bertz CT molecular complexity index is 1470. The quantitative estimate of drug-likeness (QED) is 0.354. The number of aryl methyl sites for hydroxylation is 1. The molecule has 0 unspecified atom stereocenters. The lowest BCUT2D eigenvalue weighted by atomic mass is 9.73. The molecule has 1 N–H and O–H groups in total. The largest absolute Gasteiger partial charge is 0.405 e. The molecule has 3 aromatic carbocycles. The summed E-state index contributed by atoms with van der Waals surface area (Å²) >= 11 is 0. The molecule has 0 bridgehead atoms. The van der Waals surface area contributed by atoms with E-state index in [4.69, 9.17) is 0 Å². The number of benzene rings is 3. The van der Waals surface area contributed by atoms with Crippen LogP contribution in [0.15, 0.2) is 77.7 Å². The third-order valence-corrected chi connectivity index (χ3v) is 10.3. The van der Waals surface area contributed by atoms with Crippen molar-refractivity contribution in [1.29, 1.82) is 0 Å². The van der Waals surface area contributed by atoms with E-state index in [1.807, 2.05) is 54.6 Å². The molecule has 0 atom stereocenters. The number of nitrogens with one attached hydrogen (secondary N) is 1. The minimum Gasteiger partial charge on any atom is -0.346 e. The number of hydrogen-bond donors (Lipinski definition) is 1. The summed E-state index contributed by atoms with van der Waals surface area (Å²) in [4.78, 5) is 16.2. The molecular formula is C31H34F3N3O3S. The Hall–Kier alpha value is -3.21. The second-order valence-corrected chi connectivity index (χ2v) is 12.7. The van der Waals surface area contributed by atoms with Crippen molar-refractivity contribution in [2.45, 2.75) is 42.7 Å². The Kier molecular flexibility index (Phi) is 8.27. The predicted octanol–water partition coefficient (Wildman–Crippen LogP) is 5.12. The molecule has 1 aliphatic carbocycles. The Morgan fingerprint density at radius 3 is 2.00 bits per heavy atom. The number of sulfonamides is 1. The average molecular weight is 586 g/mol. The van der Waals surface area contributed by atoms with Gasteiger partial charge in [0.15, 0.2) is 0 Å². The topological polar surface area (TPSA) is 69.7 Å². The molecule has 0 radical (unpaired) electrons. The summed E-state index contributed by atoms with van der Waals surface area (Å²) in [6.07, 6.45) is -2.80. The zero-order chi connectivity index (χ0) is 29.3. The first-order chi connectivity index (χ1) is 19.5. The molecule has 0 aromatic heterocycles. The van der Waals surface area contributed by atoms with E-state index >= 15 is 0 Å². The van der Waals surface area contributed by atoms with Gasteiger partial charge in [-0.3, -0.25) is 4.79 Å². The molecule has 0 spiro atoms. The van der Waals surface area contributed by atoms with Crippen molar-refractivity contribution >= 4 is 15.9 Å². The number of carbonyl (C=O) groups is 1. The lowest BCUT2D eigenvalue weighted by Gasteiger charge is -2.35. The second-order valence-electron chi connectivity index (χ2n) is 10.8. The van der Waals surface area contributed by atoms with Crippen molar-refractivity contribution in [3.05, 3.63) is 89.5 Å². The maximum Gasteiger partial charge on any atom is 0.405 e. The third kappa shape index (κ3) is 5.78. The first kappa shape index (κ1) is 29.3. The maximum absolute atomic E-state index is 13.6. The van der Waals surface area contributed by atoms with Crippen LogP contribution in [-0.2, 0) is 20.2 Å². The number of piperazine rings is 1. The SMILES string of the molecule is Cc1ccccc1S(=O)(=O)N1CCN(CCCCC2(C(=O)NCC(F)(F)F)c3ccccc3-c3ccccc32)CC1. The monoisotopic (exact) mass is 585 g/mol. The lowest BCUT2D eigenvalue weighted by molar-refractivity contribution is -0.141. The second kappa shape index (κ2) is 11.6. The highest BCUT2D eigenvalue weighted by Gasteiger charge is 2.49. The van der Waals surface area contributed by atoms with Gasteiger partial charge in [0.25, 0.3) is 0 Å². The van der Waals surface area contributed by atoms with E-state index in [1.54, 1.807) is 25.1 Å². The molecule has 1 fully saturated rings. The van der Waals surface area contributed by atoms with Crippen LogP contribution in [0.5, 0.6) is 0 Å². The smallest absolute Gasteiger partial charge is 0.346 e. The number of fused-ring (bicyclic) bond motifs is 3. The highest BCUT2D eigenvalue weighted by molar-refractivity contribution is 7.89. The van der Waals surface area contributed by atoms with Gasteiger partial charge in [0.1, 0.15) is 12.0 Å². The molecule has 1 heterocycles. The highest BCUT2D eigenvalue weighted by atomic mass is 32.2. The zero-order valence-corrected chi connectivity index (χ0v) is 23.8. The normalized spacial score (nSPS) is 17.2. The zero-order valence-electron chi connectivity index (χ0n) is 23.0. The lowest BCUT2D eigenvalue weighted by Crippen LogP contribution is -2.49. The van der Waals surface area contributed by atoms with Crippen LogP contribution in [-0.4, -0.2) is 69.0 Å². The van der Waals surface area contributed by atoms with Crippen LogP contribution in [0.1, 0.15) is 36.0 Å². The van der Waals surface area contributed by atoms with E-state index in [0.717, 1.165) is 34.2 Å². The molecule has 2 aliphatic rings. The van der Waals surface area contributed by atoms with Crippen molar-refractivity contribution in [1.82, 2.24) is 14.5 Å². The van der Waals surface area contributed by atoms with Gasteiger partial charge in [0.2, 0.25) is 15.9 Å². The standard InChI is InChI=1S/C31H34F3N3O3S/c1-23-10-2-7-15-28(23)41(39,40)37-20-18-36(19-21-37)17-9-8-16-30(29(38)35-22-31(32,33)34)26-13-5-3-11-24(26)25-12-4-6-14-27(25)30/h2-7,10-15H,8-9,16-22H2,1H3,(H,35,38). The minimum atomic E-state index is -4.51. The molecule has 0 saturated carbocycles.